The topological polar surface area (TPSA) is 56.0 Å². The van der Waals surface area contributed by atoms with E-state index in [-0.39, 0.29) is 5.54 Å². The Morgan fingerprint density at radius 3 is 2.56 bits per heavy atom. The van der Waals surface area contributed by atoms with Crippen LogP contribution < -0.4 is 0 Å². The molecular weight excluding hydrogens is 330 g/mol. The van der Waals surface area contributed by atoms with E-state index < -0.39 is 0 Å². The van der Waals surface area contributed by atoms with Gasteiger partial charge < -0.3 is 0 Å². The number of thiophene rings is 1. The van der Waals surface area contributed by atoms with Gasteiger partial charge in [0.05, 0.1) is 11.4 Å². The highest BCUT2D eigenvalue weighted by molar-refractivity contribution is 7.15. The minimum absolute atomic E-state index is 0.234. The Morgan fingerprint density at radius 1 is 1.08 bits per heavy atom. The normalized spacial score (nSPS) is 17.0. The van der Waals surface area contributed by atoms with Crippen LogP contribution in [0, 0.1) is 27.7 Å². The molecule has 0 radical (unpaired) electrons. The van der Waals surface area contributed by atoms with E-state index in [1.54, 1.807) is 11.3 Å². The minimum atomic E-state index is -0.234. The maximum absolute atomic E-state index is 5.23. The van der Waals surface area contributed by atoms with Gasteiger partial charge in [0.1, 0.15) is 16.4 Å². The van der Waals surface area contributed by atoms with E-state index in [0.29, 0.717) is 0 Å². The van der Waals surface area contributed by atoms with Crippen molar-refractivity contribution in [3.63, 3.8) is 0 Å². The van der Waals surface area contributed by atoms with Crippen LogP contribution in [0.5, 0.6) is 0 Å². The molecule has 3 aromatic heterocycles. The molecule has 0 saturated heterocycles. The van der Waals surface area contributed by atoms with Gasteiger partial charge in [-0.1, -0.05) is 6.07 Å². The molecule has 1 spiro atoms. The molecule has 1 aliphatic heterocycles. The second kappa shape index (κ2) is 4.85. The first-order chi connectivity index (χ1) is 12.0. The molecule has 1 fully saturated rings. The average Bonchev–Trinajstić information content (AvgIpc) is 3.21. The average molecular weight is 349 g/mol. The van der Waals surface area contributed by atoms with Gasteiger partial charge in [0, 0.05) is 16.6 Å². The highest BCUT2D eigenvalue weighted by Gasteiger charge is 2.51. The van der Waals surface area contributed by atoms with Gasteiger partial charge in [-0.2, -0.15) is 0 Å². The molecule has 6 heteroatoms. The van der Waals surface area contributed by atoms with Crippen LogP contribution in [-0.4, -0.2) is 25.5 Å². The van der Waals surface area contributed by atoms with Crippen LogP contribution in [0.25, 0.3) is 5.00 Å². The highest BCUT2D eigenvalue weighted by Crippen LogP contribution is 2.52. The largest absolute Gasteiger partial charge is 0.271 e. The molecule has 0 unspecified atom stereocenters. The van der Waals surface area contributed by atoms with Gasteiger partial charge in [-0.3, -0.25) is 14.5 Å². The Hall–Kier alpha value is -2.34. The van der Waals surface area contributed by atoms with E-state index in [4.69, 9.17) is 4.99 Å². The van der Waals surface area contributed by atoms with E-state index >= 15 is 0 Å². The van der Waals surface area contributed by atoms with Crippen LogP contribution in [0.1, 0.15) is 51.8 Å². The lowest BCUT2D eigenvalue weighted by molar-refractivity contribution is 0.661. The van der Waals surface area contributed by atoms with Crippen molar-refractivity contribution in [1.82, 2.24) is 19.7 Å². The summed E-state index contributed by atoms with van der Waals surface area (Å²) in [5, 5.41) is 10.0. The van der Waals surface area contributed by atoms with Crippen molar-refractivity contribution in [3.8, 4) is 5.00 Å². The van der Waals surface area contributed by atoms with E-state index in [9.17, 15) is 0 Å². The van der Waals surface area contributed by atoms with E-state index in [0.717, 1.165) is 41.5 Å². The molecule has 5 rings (SSSR count). The lowest BCUT2D eigenvalue weighted by Crippen LogP contribution is -2.12. The predicted molar refractivity (Wildman–Crippen MR) is 99.0 cm³/mol. The molecule has 0 aromatic carbocycles. The number of rotatable bonds is 1. The van der Waals surface area contributed by atoms with Crippen molar-refractivity contribution in [3.05, 3.63) is 57.2 Å². The zero-order valence-electron chi connectivity index (χ0n) is 14.8. The van der Waals surface area contributed by atoms with Gasteiger partial charge in [0.15, 0.2) is 5.82 Å². The van der Waals surface area contributed by atoms with Crippen molar-refractivity contribution in [2.75, 3.05) is 0 Å². The van der Waals surface area contributed by atoms with E-state index in [1.165, 1.54) is 21.0 Å². The summed E-state index contributed by atoms with van der Waals surface area (Å²) in [6.45, 7) is 8.43. The highest BCUT2D eigenvalue weighted by atomic mass is 32.1. The molecule has 0 bridgehead atoms. The quantitative estimate of drug-likeness (QED) is 0.671. The summed E-state index contributed by atoms with van der Waals surface area (Å²) in [4.78, 5) is 11.2. The Balaban J connectivity index is 1.86. The summed E-state index contributed by atoms with van der Waals surface area (Å²) < 4.78 is 2.22. The fourth-order valence-electron chi connectivity index (χ4n) is 3.52. The molecule has 1 saturated carbocycles. The predicted octanol–water partition coefficient (Wildman–Crippen LogP) is 3.80. The Kier molecular flexibility index (Phi) is 2.90. The van der Waals surface area contributed by atoms with Crippen molar-refractivity contribution in [2.45, 2.75) is 46.1 Å². The van der Waals surface area contributed by atoms with Gasteiger partial charge in [-0.25, -0.2) is 0 Å². The third kappa shape index (κ3) is 2.00. The van der Waals surface area contributed by atoms with Crippen LogP contribution in [0.15, 0.2) is 23.3 Å². The van der Waals surface area contributed by atoms with Crippen molar-refractivity contribution in [1.29, 1.82) is 0 Å². The third-order valence-electron chi connectivity index (χ3n) is 5.25. The standard InChI is InChI=1S/C19H19N5S/c1-10-5-6-14(20-9-10)16-15-11(2)12(3)25-17(15)24-13(4)22-23-18(24)19(21-16)7-8-19/h5-6,9H,7-8H2,1-4H3. The monoisotopic (exact) mass is 349 g/mol. The van der Waals surface area contributed by atoms with Gasteiger partial charge in [-0.05, 0) is 57.7 Å². The second-order valence-electron chi connectivity index (χ2n) is 7.08. The van der Waals surface area contributed by atoms with Crippen molar-refractivity contribution >= 4 is 17.0 Å². The summed E-state index contributed by atoms with van der Waals surface area (Å²) in [7, 11) is 0. The summed E-state index contributed by atoms with van der Waals surface area (Å²) in [5.74, 6) is 1.91. The second-order valence-corrected chi connectivity index (χ2v) is 8.29. The first-order valence-corrected chi connectivity index (χ1v) is 9.38. The molecule has 2 aliphatic rings. The Morgan fingerprint density at radius 2 is 1.88 bits per heavy atom. The SMILES string of the molecule is Cc1ccc(C2=NC3(CC3)c3nnc(C)n3-c3sc(C)c(C)c32)nc1. The van der Waals surface area contributed by atoms with Crippen molar-refractivity contribution in [2.24, 2.45) is 4.99 Å². The van der Waals surface area contributed by atoms with Crippen LogP contribution in [0.2, 0.25) is 0 Å². The molecule has 0 N–H and O–H groups in total. The van der Waals surface area contributed by atoms with E-state index in [1.807, 2.05) is 13.1 Å². The smallest absolute Gasteiger partial charge is 0.166 e. The van der Waals surface area contributed by atoms with Gasteiger partial charge >= 0.3 is 0 Å². The number of aliphatic imine (C=N–C) groups is 1. The van der Waals surface area contributed by atoms with Crippen LogP contribution >= 0.6 is 11.3 Å². The number of aryl methyl sites for hydroxylation is 3. The van der Waals surface area contributed by atoms with Gasteiger partial charge in [0.2, 0.25) is 0 Å². The third-order valence-corrected chi connectivity index (χ3v) is 6.44. The molecule has 5 nitrogen and oxygen atoms in total. The summed E-state index contributed by atoms with van der Waals surface area (Å²) in [5.41, 5.74) is 5.33. The van der Waals surface area contributed by atoms with E-state index in [2.05, 4.69) is 52.7 Å². The lowest BCUT2D eigenvalue weighted by atomic mass is 10.0. The fraction of sp³-hybridized carbons (Fsp3) is 0.368. The zero-order valence-corrected chi connectivity index (χ0v) is 15.6. The van der Waals surface area contributed by atoms with Crippen LogP contribution in [0.3, 0.4) is 0 Å². The number of nitrogens with zero attached hydrogens (tertiary/aromatic N) is 5. The summed E-state index contributed by atoms with van der Waals surface area (Å²) in [6, 6.07) is 4.19. The van der Waals surface area contributed by atoms with Gasteiger partial charge in [-0.15, -0.1) is 21.5 Å². The van der Waals surface area contributed by atoms with Crippen molar-refractivity contribution < 1.29 is 0 Å². The Labute approximate surface area is 150 Å². The van der Waals surface area contributed by atoms with Crippen LogP contribution in [0.4, 0.5) is 0 Å². The maximum Gasteiger partial charge on any atom is 0.166 e. The van der Waals surface area contributed by atoms with Crippen LogP contribution in [-0.2, 0) is 5.54 Å². The summed E-state index contributed by atoms with van der Waals surface area (Å²) >= 11 is 1.80. The molecule has 1 aliphatic carbocycles. The molecule has 0 amide bonds. The number of fused-ring (bicyclic) bond motifs is 4. The molecule has 3 aromatic rings. The Bertz CT molecular complexity index is 1030. The number of pyridine rings is 1. The number of hydrogen-bond donors (Lipinski definition) is 0. The molecule has 0 atom stereocenters. The first-order valence-electron chi connectivity index (χ1n) is 8.56. The molecule has 126 valence electrons. The number of hydrogen-bond acceptors (Lipinski definition) is 5. The lowest BCUT2D eigenvalue weighted by Gasteiger charge is -2.10. The zero-order chi connectivity index (χ0) is 17.3. The minimum Gasteiger partial charge on any atom is -0.271 e. The van der Waals surface area contributed by atoms with Gasteiger partial charge in [0.25, 0.3) is 0 Å². The molecule has 4 heterocycles. The summed E-state index contributed by atoms with van der Waals surface area (Å²) in [6.07, 6.45) is 3.96. The first kappa shape index (κ1) is 15.0. The maximum atomic E-state index is 5.23. The number of aromatic nitrogens is 4. The fourth-order valence-corrected chi connectivity index (χ4v) is 4.73. The molecular formula is C19H19N5S. The molecule has 25 heavy (non-hydrogen) atoms.